The topological polar surface area (TPSA) is 80.0 Å². The SMILES string of the molecule is CCOc1ccc(CC(=O)c2cc(OCC)c(OCC)cc2CCN)cc1OCC. The second kappa shape index (κ2) is 12.1. The van der Waals surface area contributed by atoms with E-state index in [-0.39, 0.29) is 12.2 Å². The number of Topliss-reactive ketones (excluding diaryl/α,β-unsaturated/α-hetero) is 1. The van der Waals surface area contributed by atoms with Gasteiger partial charge in [0.1, 0.15) is 0 Å². The van der Waals surface area contributed by atoms with E-state index in [1.807, 2.05) is 52.0 Å². The van der Waals surface area contributed by atoms with Crippen molar-refractivity contribution in [3.8, 4) is 23.0 Å². The molecular formula is C24H33NO5. The summed E-state index contributed by atoms with van der Waals surface area (Å²) in [5, 5.41) is 0. The fourth-order valence-electron chi connectivity index (χ4n) is 3.25. The summed E-state index contributed by atoms with van der Waals surface area (Å²) in [5.41, 5.74) is 8.12. The Hall–Kier alpha value is -2.73. The van der Waals surface area contributed by atoms with Crippen LogP contribution in [0.3, 0.4) is 0 Å². The molecule has 0 spiro atoms. The Morgan fingerprint density at radius 3 is 1.87 bits per heavy atom. The number of rotatable bonds is 13. The average Bonchev–Trinajstić information content (AvgIpc) is 2.72. The molecule has 164 valence electrons. The Balaban J connectivity index is 2.37. The highest BCUT2D eigenvalue weighted by Gasteiger charge is 2.18. The molecule has 0 heterocycles. The summed E-state index contributed by atoms with van der Waals surface area (Å²) in [6.07, 6.45) is 0.824. The minimum atomic E-state index is -0.00550. The summed E-state index contributed by atoms with van der Waals surface area (Å²) in [6, 6.07) is 9.26. The van der Waals surface area contributed by atoms with E-state index in [2.05, 4.69) is 0 Å². The second-order valence-corrected chi connectivity index (χ2v) is 6.61. The number of ether oxygens (including phenoxy) is 4. The Bertz CT molecular complexity index is 835. The Kier molecular flexibility index (Phi) is 9.48. The highest BCUT2D eigenvalue weighted by molar-refractivity contribution is 5.99. The maximum atomic E-state index is 13.2. The minimum Gasteiger partial charge on any atom is -0.490 e. The fourth-order valence-corrected chi connectivity index (χ4v) is 3.25. The van der Waals surface area contributed by atoms with Crippen molar-refractivity contribution < 1.29 is 23.7 Å². The van der Waals surface area contributed by atoms with Crippen molar-refractivity contribution in [3.63, 3.8) is 0 Å². The van der Waals surface area contributed by atoms with Gasteiger partial charge in [-0.3, -0.25) is 4.79 Å². The molecule has 0 radical (unpaired) electrons. The molecular weight excluding hydrogens is 382 g/mol. The van der Waals surface area contributed by atoms with Crippen LogP contribution in [0, 0.1) is 0 Å². The highest BCUT2D eigenvalue weighted by atomic mass is 16.5. The molecule has 0 fully saturated rings. The number of hydrogen-bond donors (Lipinski definition) is 1. The van der Waals surface area contributed by atoms with Gasteiger partial charge in [0.05, 0.1) is 26.4 Å². The molecule has 0 aliphatic carbocycles. The van der Waals surface area contributed by atoms with Crippen LogP contribution in [0.5, 0.6) is 23.0 Å². The highest BCUT2D eigenvalue weighted by Crippen LogP contribution is 2.33. The van der Waals surface area contributed by atoms with Crippen molar-refractivity contribution in [2.24, 2.45) is 5.73 Å². The average molecular weight is 416 g/mol. The van der Waals surface area contributed by atoms with Crippen molar-refractivity contribution in [1.29, 1.82) is 0 Å². The lowest BCUT2D eigenvalue weighted by Crippen LogP contribution is -2.13. The molecule has 0 saturated carbocycles. The predicted molar refractivity (Wildman–Crippen MR) is 118 cm³/mol. The first kappa shape index (κ1) is 23.5. The normalized spacial score (nSPS) is 10.6. The Morgan fingerprint density at radius 1 is 0.767 bits per heavy atom. The second-order valence-electron chi connectivity index (χ2n) is 6.61. The maximum Gasteiger partial charge on any atom is 0.167 e. The van der Waals surface area contributed by atoms with Crippen LogP contribution in [-0.4, -0.2) is 38.8 Å². The molecule has 0 unspecified atom stereocenters. The van der Waals surface area contributed by atoms with E-state index in [0.29, 0.717) is 68.0 Å². The molecule has 2 rings (SSSR count). The van der Waals surface area contributed by atoms with E-state index in [9.17, 15) is 4.79 Å². The molecule has 6 nitrogen and oxygen atoms in total. The van der Waals surface area contributed by atoms with Gasteiger partial charge in [-0.15, -0.1) is 0 Å². The summed E-state index contributed by atoms with van der Waals surface area (Å²) < 4.78 is 22.7. The third-order valence-corrected chi connectivity index (χ3v) is 4.46. The minimum absolute atomic E-state index is 0.00550. The van der Waals surface area contributed by atoms with Gasteiger partial charge in [-0.2, -0.15) is 0 Å². The van der Waals surface area contributed by atoms with Crippen LogP contribution in [-0.2, 0) is 12.8 Å². The molecule has 6 heteroatoms. The van der Waals surface area contributed by atoms with Crippen LogP contribution in [0.1, 0.15) is 49.2 Å². The Morgan fingerprint density at radius 2 is 1.30 bits per heavy atom. The molecule has 0 atom stereocenters. The summed E-state index contributed by atoms with van der Waals surface area (Å²) >= 11 is 0. The molecule has 0 aliphatic rings. The van der Waals surface area contributed by atoms with E-state index < -0.39 is 0 Å². The molecule has 0 bridgehead atoms. The number of benzene rings is 2. The molecule has 2 N–H and O–H groups in total. The van der Waals surface area contributed by atoms with E-state index in [1.165, 1.54) is 0 Å². The molecule has 0 aromatic heterocycles. The van der Waals surface area contributed by atoms with Gasteiger partial charge < -0.3 is 24.7 Å². The van der Waals surface area contributed by atoms with Crippen molar-refractivity contribution in [1.82, 2.24) is 0 Å². The van der Waals surface area contributed by atoms with Gasteiger partial charge in [0.15, 0.2) is 28.8 Å². The van der Waals surface area contributed by atoms with Crippen molar-refractivity contribution in [2.75, 3.05) is 33.0 Å². The summed E-state index contributed by atoms with van der Waals surface area (Å²) in [5.74, 6) is 2.53. The number of carbonyl (C=O) groups is 1. The zero-order chi connectivity index (χ0) is 21.9. The molecule has 0 aliphatic heterocycles. The van der Waals surface area contributed by atoms with Gasteiger partial charge in [-0.05, 0) is 76.1 Å². The molecule has 2 aromatic rings. The van der Waals surface area contributed by atoms with Crippen LogP contribution in [0.25, 0.3) is 0 Å². The quantitative estimate of drug-likeness (QED) is 0.494. The summed E-state index contributed by atoms with van der Waals surface area (Å²) in [7, 11) is 0. The zero-order valence-corrected chi connectivity index (χ0v) is 18.5. The van der Waals surface area contributed by atoms with E-state index in [4.69, 9.17) is 24.7 Å². The monoisotopic (exact) mass is 415 g/mol. The van der Waals surface area contributed by atoms with Gasteiger partial charge in [0.2, 0.25) is 0 Å². The van der Waals surface area contributed by atoms with Crippen LogP contribution < -0.4 is 24.7 Å². The fraction of sp³-hybridized carbons (Fsp3) is 0.458. The standard InChI is InChI=1S/C24H33NO5/c1-5-27-21-10-9-17(14-22(21)28-6-2)13-20(26)19-16-24(30-8-4)23(29-7-3)15-18(19)11-12-25/h9-10,14-16H,5-8,11-13,25H2,1-4H3. The van der Waals surface area contributed by atoms with Gasteiger partial charge in [-0.1, -0.05) is 6.07 Å². The number of ketones is 1. The number of nitrogens with two attached hydrogens (primary N) is 1. The van der Waals surface area contributed by atoms with Crippen LogP contribution in [0.2, 0.25) is 0 Å². The molecule has 2 aromatic carbocycles. The molecule has 30 heavy (non-hydrogen) atoms. The van der Waals surface area contributed by atoms with Gasteiger partial charge in [-0.25, -0.2) is 0 Å². The maximum absolute atomic E-state index is 13.2. The van der Waals surface area contributed by atoms with E-state index >= 15 is 0 Å². The van der Waals surface area contributed by atoms with Gasteiger partial charge in [0, 0.05) is 12.0 Å². The Labute approximate surface area is 179 Å². The molecule has 0 amide bonds. The third-order valence-electron chi connectivity index (χ3n) is 4.46. The number of hydrogen-bond acceptors (Lipinski definition) is 6. The first-order valence-electron chi connectivity index (χ1n) is 10.6. The van der Waals surface area contributed by atoms with Crippen molar-refractivity contribution in [3.05, 3.63) is 47.0 Å². The molecule has 0 saturated heterocycles. The summed E-state index contributed by atoms with van der Waals surface area (Å²) in [4.78, 5) is 13.2. The van der Waals surface area contributed by atoms with Crippen molar-refractivity contribution >= 4 is 5.78 Å². The first-order valence-corrected chi connectivity index (χ1v) is 10.6. The van der Waals surface area contributed by atoms with Gasteiger partial charge in [0.25, 0.3) is 0 Å². The summed E-state index contributed by atoms with van der Waals surface area (Å²) in [6.45, 7) is 10.2. The zero-order valence-electron chi connectivity index (χ0n) is 18.5. The van der Waals surface area contributed by atoms with E-state index in [0.717, 1.165) is 11.1 Å². The smallest absolute Gasteiger partial charge is 0.167 e. The first-order chi connectivity index (χ1) is 14.6. The number of carbonyl (C=O) groups excluding carboxylic acids is 1. The lowest BCUT2D eigenvalue weighted by Gasteiger charge is -2.16. The lowest BCUT2D eigenvalue weighted by atomic mass is 9.95. The van der Waals surface area contributed by atoms with E-state index in [1.54, 1.807) is 6.07 Å². The predicted octanol–water partition coefficient (Wildman–Crippen LogP) is 4.21. The largest absolute Gasteiger partial charge is 0.490 e. The van der Waals surface area contributed by atoms with Crippen LogP contribution >= 0.6 is 0 Å². The lowest BCUT2D eigenvalue weighted by molar-refractivity contribution is 0.0991. The third kappa shape index (κ3) is 6.13. The van der Waals surface area contributed by atoms with Crippen molar-refractivity contribution in [2.45, 2.75) is 40.5 Å². The van der Waals surface area contributed by atoms with Crippen LogP contribution in [0.15, 0.2) is 30.3 Å². The van der Waals surface area contributed by atoms with Crippen LogP contribution in [0.4, 0.5) is 0 Å². The van der Waals surface area contributed by atoms with Gasteiger partial charge >= 0.3 is 0 Å².